The first-order valence-electron chi connectivity index (χ1n) is 5.82. The highest BCUT2D eigenvalue weighted by Crippen LogP contribution is 2.20. The van der Waals surface area contributed by atoms with Crippen LogP contribution in [-0.4, -0.2) is 56.6 Å². The number of aromatic carboxylic acids is 1. The number of hydrogen-bond donors (Lipinski definition) is 2. The zero-order chi connectivity index (χ0) is 14.3. The van der Waals surface area contributed by atoms with Gasteiger partial charge in [-0.05, 0) is 12.1 Å². The van der Waals surface area contributed by atoms with Crippen LogP contribution in [0.5, 0.6) is 0 Å². The Labute approximate surface area is 111 Å². The van der Waals surface area contributed by atoms with Gasteiger partial charge in [-0.2, -0.15) is 0 Å². The minimum atomic E-state index is -1.08. The third-order valence-electron chi connectivity index (χ3n) is 2.55. The molecule has 7 nitrogen and oxygen atoms in total. The van der Waals surface area contributed by atoms with E-state index < -0.39 is 5.97 Å². The van der Waals surface area contributed by atoms with Crippen molar-refractivity contribution in [3.05, 3.63) is 17.8 Å². The van der Waals surface area contributed by atoms with E-state index in [1.54, 1.807) is 20.3 Å². The number of hydrogen-bond acceptors (Lipinski definition) is 6. The van der Waals surface area contributed by atoms with Gasteiger partial charge in [0.2, 0.25) is 0 Å². The third kappa shape index (κ3) is 4.38. The molecule has 0 radical (unpaired) electrons. The van der Waals surface area contributed by atoms with E-state index in [1.165, 1.54) is 6.07 Å². The largest absolute Gasteiger partial charge is 0.477 e. The molecule has 1 heterocycles. The third-order valence-corrected chi connectivity index (χ3v) is 2.55. The molecule has 7 heteroatoms. The molecule has 0 aliphatic rings. The second kappa shape index (κ2) is 7.55. The van der Waals surface area contributed by atoms with Crippen molar-refractivity contribution < 1.29 is 19.4 Å². The molecule has 19 heavy (non-hydrogen) atoms. The van der Waals surface area contributed by atoms with E-state index in [-0.39, 0.29) is 5.69 Å². The lowest BCUT2D eigenvalue weighted by atomic mass is 10.3. The normalized spacial score (nSPS) is 10.4. The molecule has 3 N–H and O–H groups in total. The highest BCUT2D eigenvalue weighted by Gasteiger charge is 2.14. The van der Waals surface area contributed by atoms with Gasteiger partial charge in [-0.25, -0.2) is 9.78 Å². The first-order chi connectivity index (χ1) is 9.10. The van der Waals surface area contributed by atoms with Crippen LogP contribution in [0.4, 0.5) is 11.5 Å². The van der Waals surface area contributed by atoms with Crippen LogP contribution in [0.2, 0.25) is 0 Å². The Morgan fingerprint density at radius 2 is 1.89 bits per heavy atom. The van der Waals surface area contributed by atoms with E-state index in [2.05, 4.69) is 4.98 Å². The number of ether oxygens (including phenoxy) is 2. The minimum Gasteiger partial charge on any atom is -0.477 e. The maximum atomic E-state index is 10.9. The Balaban J connectivity index is 2.97. The summed E-state index contributed by atoms with van der Waals surface area (Å²) < 4.78 is 10.0. The summed E-state index contributed by atoms with van der Waals surface area (Å²) in [7, 11) is 3.19. The number of carboxylic acid groups (broad SMARTS) is 1. The van der Waals surface area contributed by atoms with E-state index in [4.69, 9.17) is 20.3 Å². The van der Waals surface area contributed by atoms with E-state index in [9.17, 15) is 4.79 Å². The van der Waals surface area contributed by atoms with Crippen molar-refractivity contribution in [3.63, 3.8) is 0 Å². The summed E-state index contributed by atoms with van der Waals surface area (Å²) in [5, 5.41) is 8.96. The summed E-state index contributed by atoms with van der Waals surface area (Å²) in [5.74, 6) is -0.645. The Morgan fingerprint density at radius 1 is 1.32 bits per heavy atom. The Bertz CT molecular complexity index is 417. The Kier molecular flexibility index (Phi) is 6.04. The smallest absolute Gasteiger partial charge is 0.354 e. The van der Waals surface area contributed by atoms with E-state index in [1.807, 2.05) is 4.90 Å². The summed E-state index contributed by atoms with van der Waals surface area (Å²) in [6, 6.07) is 2.92. The van der Waals surface area contributed by atoms with Gasteiger partial charge in [0.25, 0.3) is 0 Å². The van der Waals surface area contributed by atoms with Crippen molar-refractivity contribution in [3.8, 4) is 0 Å². The van der Waals surface area contributed by atoms with Crippen LogP contribution in [0.15, 0.2) is 12.1 Å². The number of anilines is 2. The maximum absolute atomic E-state index is 10.9. The van der Waals surface area contributed by atoms with Gasteiger partial charge in [0, 0.05) is 27.3 Å². The zero-order valence-corrected chi connectivity index (χ0v) is 11.1. The van der Waals surface area contributed by atoms with Gasteiger partial charge in [0.1, 0.15) is 0 Å². The van der Waals surface area contributed by atoms with Crippen LogP contribution in [0.1, 0.15) is 10.5 Å². The standard InChI is InChI=1S/C12H19N3O4/c1-18-7-5-15(6-8-19-2)11-9(13)3-4-10(14-11)12(16)17/h3-4H,5-8,13H2,1-2H3,(H,16,17). The average molecular weight is 269 g/mol. The summed E-state index contributed by atoms with van der Waals surface area (Å²) in [4.78, 5) is 16.9. The topological polar surface area (TPSA) is 97.9 Å². The zero-order valence-electron chi connectivity index (χ0n) is 11.1. The number of carboxylic acids is 1. The summed E-state index contributed by atoms with van der Waals surface area (Å²) in [5.41, 5.74) is 6.25. The van der Waals surface area contributed by atoms with Crippen LogP contribution in [0.25, 0.3) is 0 Å². The van der Waals surface area contributed by atoms with Gasteiger partial charge >= 0.3 is 5.97 Å². The molecule has 1 aromatic rings. The molecule has 0 bridgehead atoms. The van der Waals surface area contributed by atoms with Gasteiger partial charge in [-0.1, -0.05) is 0 Å². The van der Waals surface area contributed by atoms with Crippen molar-refractivity contribution in [1.29, 1.82) is 0 Å². The molecule has 0 aliphatic heterocycles. The molecule has 0 atom stereocenters. The lowest BCUT2D eigenvalue weighted by molar-refractivity contribution is 0.0690. The molecule has 0 unspecified atom stereocenters. The predicted molar refractivity (Wildman–Crippen MR) is 71.6 cm³/mol. The van der Waals surface area contributed by atoms with Gasteiger partial charge in [-0.3, -0.25) is 0 Å². The van der Waals surface area contributed by atoms with Crippen LogP contribution in [-0.2, 0) is 9.47 Å². The van der Waals surface area contributed by atoms with E-state index in [0.717, 1.165) is 0 Å². The predicted octanol–water partition coefficient (Wildman–Crippen LogP) is 0.461. The van der Waals surface area contributed by atoms with Crippen molar-refractivity contribution in [2.45, 2.75) is 0 Å². The number of nitrogen functional groups attached to an aromatic ring is 1. The fourth-order valence-corrected chi connectivity index (χ4v) is 1.56. The molecule has 0 saturated carbocycles. The molecular formula is C12H19N3O4. The maximum Gasteiger partial charge on any atom is 0.354 e. The summed E-state index contributed by atoms with van der Waals surface area (Å²) >= 11 is 0. The lowest BCUT2D eigenvalue weighted by Gasteiger charge is -2.24. The molecular weight excluding hydrogens is 250 g/mol. The van der Waals surface area contributed by atoms with E-state index >= 15 is 0 Å². The monoisotopic (exact) mass is 269 g/mol. The minimum absolute atomic E-state index is 0.0379. The number of nitrogens with zero attached hydrogens (tertiary/aromatic N) is 2. The Morgan fingerprint density at radius 3 is 2.37 bits per heavy atom. The second-order valence-corrected chi connectivity index (χ2v) is 3.89. The molecule has 0 amide bonds. The molecule has 0 fully saturated rings. The second-order valence-electron chi connectivity index (χ2n) is 3.89. The first-order valence-corrected chi connectivity index (χ1v) is 5.82. The van der Waals surface area contributed by atoms with Gasteiger partial charge in [-0.15, -0.1) is 0 Å². The van der Waals surface area contributed by atoms with Crippen molar-refractivity contribution >= 4 is 17.5 Å². The van der Waals surface area contributed by atoms with Crippen molar-refractivity contribution in [2.24, 2.45) is 0 Å². The van der Waals surface area contributed by atoms with Crippen molar-refractivity contribution in [2.75, 3.05) is 51.2 Å². The number of nitrogens with two attached hydrogens (primary N) is 1. The molecule has 1 aromatic heterocycles. The summed E-state index contributed by atoms with van der Waals surface area (Å²) in [6.07, 6.45) is 0. The van der Waals surface area contributed by atoms with Crippen molar-refractivity contribution in [1.82, 2.24) is 4.98 Å². The number of aromatic nitrogens is 1. The average Bonchev–Trinajstić information content (AvgIpc) is 2.40. The van der Waals surface area contributed by atoms with Gasteiger partial charge < -0.3 is 25.2 Å². The molecule has 1 rings (SSSR count). The quantitative estimate of drug-likeness (QED) is 0.707. The first kappa shape index (κ1) is 15.2. The number of carbonyl (C=O) groups is 1. The van der Waals surface area contributed by atoms with Crippen LogP contribution >= 0.6 is 0 Å². The summed E-state index contributed by atoms with van der Waals surface area (Å²) in [6.45, 7) is 2.09. The van der Waals surface area contributed by atoms with Crippen LogP contribution < -0.4 is 10.6 Å². The number of methoxy groups -OCH3 is 2. The van der Waals surface area contributed by atoms with E-state index in [0.29, 0.717) is 37.8 Å². The molecule has 0 saturated heterocycles. The molecule has 0 spiro atoms. The highest BCUT2D eigenvalue weighted by atomic mass is 16.5. The number of pyridine rings is 1. The Hall–Kier alpha value is -1.86. The fraction of sp³-hybridized carbons (Fsp3) is 0.500. The lowest BCUT2D eigenvalue weighted by Crippen LogP contribution is -2.32. The number of rotatable bonds is 8. The molecule has 0 aliphatic carbocycles. The molecule has 106 valence electrons. The van der Waals surface area contributed by atoms with Crippen LogP contribution in [0, 0.1) is 0 Å². The fourth-order valence-electron chi connectivity index (χ4n) is 1.56. The van der Waals surface area contributed by atoms with Gasteiger partial charge in [0.05, 0.1) is 18.9 Å². The SMILES string of the molecule is COCCN(CCOC)c1nc(C(=O)O)ccc1N. The van der Waals surface area contributed by atoms with Crippen LogP contribution in [0.3, 0.4) is 0 Å². The highest BCUT2D eigenvalue weighted by molar-refractivity contribution is 5.87. The van der Waals surface area contributed by atoms with Gasteiger partial charge in [0.15, 0.2) is 11.5 Å². The molecule has 0 aromatic carbocycles.